The maximum Gasteiger partial charge on any atom is 0.0532 e. The number of nitrogens with zero attached hydrogens (tertiary/aromatic N) is 2. The molecule has 0 saturated carbocycles. The van der Waals surface area contributed by atoms with Crippen LogP contribution in [0.2, 0.25) is 0 Å². The molecule has 0 aliphatic carbocycles. The van der Waals surface area contributed by atoms with Gasteiger partial charge in [-0.25, -0.2) is 0 Å². The van der Waals surface area contributed by atoms with Crippen molar-refractivity contribution >= 4 is 0 Å². The van der Waals surface area contributed by atoms with Gasteiger partial charge < -0.3 is 5.11 Å². The predicted molar refractivity (Wildman–Crippen MR) is 51.3 cm³/mol. The van der Waals surface area contributed by atoms with Crippen LogP contribution >= 0.6 is 0 Å². The minimum absolute atomic E-state index is 0.0534. The molecule has 13 heavy (non-hydrogen) atoms. The van der Waals surface area contributed by atoms with Gasteiger partial charge in [0.25, 0.3) is 0 Å². The molecule has 0 aliphatic rings. The number of aliphatic hydroxyl groups excluding tert-OH is 1. The van der Waals surface area contributed by atoms with E-state index in [-0.39, 0.29) is 17.9 Å². The van der Waals surface area contributed by atoms with Gasteiger partial charge in [-0.05, 0) is 17.0 Å². The van der Waals surface area contributed by atoms with Gasteiger partial charge in [0.2, 0.25) is 0 Å². The van der Waals surface area contributed by atoms with Crippen LogP contribution in [0.3, 0.4) is 0 Å². The van der Waals surface area contributed by atoms with E-state index in [0.717, 1.165) is 5.56 Å². The third-order valence-corrected chi connectivity index (χ3v) is 2.24. The third-order valence-electron chi connectivity index (χ3n) is 2.24. The highest BCUT2D eigenvalue weighted by molar-refractivity contribution is 5.15. The summed E-state index contributed by atoms with van der Waals surface area (Å²) in [6, 6.07) is 1.90. The summed E-state index contributed by atoms with van der Waals surface area (Å²) >= 11 is 0. The molecule has 0 bridgehead atoms. The van der Waals surface area contributed by atoms with E-state index in [9.17, 15) is 5.11 Å². The molecule has 0 radical (unpaired) electrons. The van der Waals surface area contributed by atoms with Crippen molar-refractivity contribution in [3.63, 3.8) is 0 Å². The fraction of sp³-hybridized carbons (Fsp3) is 0.600. The Labute approximate surface area is 78.8 Å². The van der Waals surface area contributed by atoms with E-state index in [2.05, 4.69) is 31.0 Å². The summed E-state index contributed by atoms with van der Waals surface area (Å²) in [5, 5.41) is 16.8. The summed E-state index contributed by atoms with van der Waals surface area (Å²) in [5.74, 6) is 0.128. The minimum Gasteiger partial charge on any atom is -0.396 e. The summed E-state index contributed by atoms with van der Waals surface area (Å²) in [4.78, 5) is 0. The molecule has 0 aliphatic heterocycles. The molecule has 0 aromatic carbocycles. The van der Waals surface area contributed by atoms with E-state index in [1.165, 1.54) is 0 Å². The van der Waals surface area contributed by atoms with E-state index in [0.29, 0.717) is 0 Å². The first-order valence-corrected chi connectivity index (χ1v) is 4.43. The second kappa shape index (κ2) is 3.83. The Morgan fingerprint density at radius 3 is 2.46 bits per heavy atom. The van der Waals surface area contributed by atoms with Gasteiger partial charge in [0, 0.05) is 12.1 Å². The highest BCUT2D eigenvalue weighted by Gasteiger charge is 2.25. The normalized spacial score (nSPS) is 14.2. The van der Waals surface area contributed by atoms with Crippen molar-refractivity contribution in [1.29, 1.82) is 0 Å². The molecule has 72 valence electrons. The Morgan fingerprint density at radius 1 is 1.38 bits per heavy atom. The van der Waals surface area contributed by atoms with Gasteiger partial charge in [-0.15, -0.1) is 0 Å². The van der Waals surface area contributed by atoms with E-state index in [1.54, 1.807) is 12.4 Å². The molecule has 0 spiro atoms. The first-order valence-electron chi connectivity index (χ1n) is 4.43. The van der Waals surface area contributed by atoms with Crippen LogP contribution in [0.1, 0.15) is 32.3 Å². The number of hydrogen-bond acceptors (Lipinski definition) is 3. The van der Waals surface area contributed by atoms with Gasteiger partial charge in [-0.3, -0.25) is 0 Å². The minimum atomic E-state index is 0.0534. The number of hydrogen-bond donors (Lipinski definition) is 1. The zero-order valence-electron chi connectivity index (χ0n) is 8.36. The zero-order chi connectivity index (χ0) is 9.90. The van der Waals surface area contributed by atoms with Crippen LogP contribution in [0.25, 0.3) is 0 Å². The molecule has 1 unspecified atom stereocenters. The van der Waals surface area contributed by atoms with Crippen LogP contribution in [0.4, 0.5) is 0 Å². The number of aromatic nitrogens is 2. The smallest absolute Gasteiger partial charge is 0.0532 e. The van der Waals surface area contributed by atoms with Crippen molar-refractivity contribution in [2.45, 2.75) is 26.7 Å². The molecule has 1 atom stereocenters. The topological polar surface area (TPSA) is 46.0 Å². The maximum atomic E-state index is 9.27. The van der Waals surface area contributed by atoms with Crippen molar-refractivity contribution in [3.05, 3.63) is 24.0 Å². The van der Waals surface area contributed by atoms with Gasteiger partial charge in [0.1, 0.15) is 0 Å². The first-order chi connectivity index (χ1) is 6.05. The Bertz CT molecular complexity index is 253. The quantitative estimate of drug-likeness (QED) is 0.752. The third kappa shape index (κ3) is 2.49. The molecule has 1 rings (SSSR count). The Morgan fingerprint density at radius 2 is 2.08 bits per heavy atom. The molecule has 1 N–H and O–H groups in total. The molecular formula is C10H16N2O. The predicted octanol–water partition coefficient (Wildman–Crippen LogP) is 1.60. The molecular weight excluding hydrogens is 164 g/mol. The fourth-order valence-electron chi connectivity index (χ4n) is 1.39. The Hall–Kier alpha value is -0.960. The van der Waals surface area contributed by atoms with Crippen LogP contribution < -0.4 is 0 Å². The molecule has 1 aromatic rings. The van der Waals surface area contributed by atoms with Crippen molar-refractivity contribution in [3.8, 4) is 0 Å². The largest absolute Gasteiger partial charge is 0.396 e. The van der Waals surface area contributed by atoms with Crippen LogP contribution in [0.5, 0.6) is 0 Å². The standard InChI is InChI=1S/C10H16N2O/c1-10(2,3)9(7-13)8-4-5-11-12-6-8/h4-6,9,13H,7H2,1-3H3. The second-order valence-corrected chi connectivity index (χ2v) is 4.28. The fourth-order valence-corrected chi connectivity index (χ4v) is 1.39. The average Bonchev–Trinajstić information content (AvgIpc) is 2.05. The summed E-state index contributed by atoms with van der Waals surface area (Å²) in [7, 11) is 0. The molecule has 3 heteroatoms. The van der Waals surface area contributed by atoms with E-state index >= 15 is 0 Å². The van der Waals surface area contributed by atoms with Crippen molar-refractivity contribution in [2.24, 2.45) is 5.41 Å². The second-order valence-electron chi connectivity index (χ2n) is 4.28. The van der Waals surface area contributed by atoms with Crippen LogP contribution in [0.15, 0.2) is 18.5 Å². The number of rotatable bonds is 2. The van der Waals surface area contributed by atoms with Crippen molar-refractivity contribution < 1.29 is 5.11 Å². The monoisotopic (exact) mass is 180 g/mol. The molecule has 0 saturated heterocycles. The summed E-state index contributed by atoms with van der Waals surface area (Å²) in [6.45, 7) is 6.46. The lowest BCUT2D eigenvalue weighted by molar-refractivity contribution is 0.186. The lowest BCUT2D eigenvalue weighted by atomic mass is 9.78. The van der Waals surface area contributed by atoms with Gasteiger partial charge >= 0.3 is 0 Å². The highest BCUT2D eigenvalue weighted by Crippen LogP contribution is 2.33. The van der Waals surface area contributed by atoms with Gasteiger partial charge in [-0.1, -0.05) is 20.8 Å². The van der Waals surface area contributed by atoms with Crippen LogP contribution in [0, 0.1) is 5.41 Å². The van der Waals surface area contributed by atoms with Crippen molar-refractivity contribution in [2.75, 3.05) is 6.61 Å². The summed E-state index contributed by atoms with van der Waals surface area (Å²) in [5.41, 5.74) is 1.10. The molecule has 3 nitrogen and oxygen atoms in total. The number of aliphatic hydroxyl groups is 1. The molecule has 1 heterocycles. The molecule has 0 amide bonds. The summed E-state index contributed by atoms with van der Waals surface area (Å²) in [6.07, 6.45) is 3.37. The lowest BCUT2D eigenvalue weighted by Gasteiger charge is -2.28. The molecule has 0 fully saturated rings. The molecule has 1 aromatic heterocycles. The van der Waals surface area contributed by atoms with Gasteiger partial charge in [0.15, 0.2) is 0 Å². The highest BCUT2D eigenvalue weighted by atomic mass is 16.3. The average molecular weight is 180 g/mol. The SMILES string of the molecule is CC(C)(C)C(CO)c1ccnnc1. The Kier molecular flexibility index (Phi) is 2.98. The first kappa shape index (κ1) is 10.1. The van der Waals surface area contributed by atoms with Crippen LogP contribution in [-0.2, 0) is 0 Å². The Balaban J connectivity index is 2.92. The zero-order valence-corrected chi connectivity index (χ0v) is 8.36. The van der Waals surface area contributed by atoms with Gasteiger partial charge in [-0.2, -0.15) is 10.2 Å². The van der Waals surface area contributed by atoms with Crippen molar-refractivity contribution in [1.82, 2.24) is 10.2 Å². The van der Waals surface area contributed by atoms with E-state index in [1.807, 2.05) is 6.07 Å². The summed E-state index contributed by atoms with van der Waals surface area (Å²) < 4.78 is 0. The van der Waals surface area contributed by atoms with E-state index < -0.39 is 0 Å². The van der Waals surface area contributed by atoms with E-state index in [4.69, 9.17) is 0 Å². The van der Waals surface area contributed by atoms with Crippen LogP contribution in [-0.4, -0.2) is 21.9 Å². The lowest BCUT2D eigenvalue weighted by Crippen LogP contribution is -2.21. The maximum absolute atomic E-state index is 9.27. The van der Waals surface area contributed by atoms with Gasteiger partial charge in [0.05, 0.1) is 12.8 Å².